The predicted octanol–water partition coefficient (Wildman–Crippen LogP) is 2.56. The van der Waals surface area contributed by atoms with Gasteiger partial charge in [-0.05, 0) is 31.0 Å². The van der Waals surface area contributed by atoms with Crippen molar-refractivity contribution in [3.8, 4) is 0 Å². The summed E-state index contributed by atoms with van der Waals surface area (Å²) in [6.45, 7) is 8.28. The van der Waals surface area contributed by atoms with Gasteiger partial charge in [-0.1, -0.05) is 26.0 Å². The van der Waals surface area contributed by atoms with Crippen molar-refractivity contribution in [2.45, 2.75) is 45.9 Å². The number of anilines is 1. The molecule has 1 aromatic rings. The monoisotopic (exact) mass is 248 g/mol. The normalized spacial score (nSPS) is 25.7. The lowest BCUT2D eigenvalue weighted by Crippen LogP contribution is -2.60. The third-order valence-corrected chi connectivity index (χ3v) is 4.05. The van der Waals surface area contributed by atoms with Crippen molar-refractivity contribution in [1.82, 2.24) is 5.32 Å². The van der Waals surface area contributed by atoms with Crippen LogP contribution < -0.4 is 11.1 Å². The highest BCUT2D eigenvalue weighted by atomic mass is 16.5. The highest BCUT2D eigenvalue weighted by Crippen LogP contribution is 2.42. The Labute approximate surface area is 110 Å². The Balaban J connectivity index is 1.85. The molecule has 1 aliphatic carbocycles. The Morgan fingerprint density at radius 3 is 2.83 bits per heavy atom. The predicted molar refractivity (Wildman–Crippen MR) is 75.3 cm³/mol. The number of nitrogens with one attached hydrogen (secondary N) is 1. The van der Waals surface area contributed by atoms with Gasteiger partial charge in [0.25, 0.3) is 0 Å². The maximum absolute atomic E-state index is 5.78. The van der Waals surface area contributed by atoms with Crippen LogP contribution in [0, 0.1) is 5.41 Å². The van der Waals surface area contributed by atoms with Gasteiger partial charge in [0.05, 0.1) is 6.10 Å². The van der Waals surface area contributed by atoms with E-state index in [0.717, 1.165) is 25.3 Å². The number of ether oxygens (including phenoxy) is 1. The van der Waals surface area contributed by atoms with E-state index in [1.807, 2.05) is 18.2 Å². The van der Waals surface area contributed by atoms with E-state index in [4.69, 9.17) is 10.5 Å². The van der Waals surface area contributed by atoms with Crippen LogP contribution in [0.5, 0.6) is 0 Å². The standard InChI is InChI=1S/C15H24N2O/c1-4-18-14-9-13(15(14,2)3)17-10-11-6-5-7-12(16)8-11/h5-8,13-14,17H,4,9-10,16H2,1-3H3. The molecule has 0 radical (unpaired) electrons. The van der Waals surface area contributed by atoms with Gasteiger partial charge in [0.2, 0.25) is 0 Å². The first kappa shape index (κ1) is 13.4. The largest absolute Gasteiger partial charge is 0.399 e. The molecule has 0 bridgehead atoms. The van der Waals surface area contributed by atoms with E-state index >= 15 is 0 Å². The number of benzene rings is 1. The van der Waals surface area contributed by atoms with Crippen molar-refractivity contribution < 1.29 is 4.74 Å². The van der Waals surface area contributed by atoms with E-state index in [-0.39, 0.29) is 5.41 Å². The molecule has 0 spiro atoms. The molecule has 1 aromatic carbocycles. The Morgan fingerprint density at radius 2 is 2.22 bits per heavy atom. The molecular weight excluding hydrogens is 224 g/mol. The lowest BCUT2D eigenvalue weighted by Gasteiger charge is -2.52. The highest BCUT2D eigenvalue weighted by Gasteiger charge is 2.48. The number of nitrogen functional groups attached to an aromatic ring is 1. The maximum Gasteiger partial charge on any atom is 0.0655 e. The number of hydrogen-bond donors (Lipinski definition) is 2. The van der Waals surface area contributed by atoms with Crippen molar-refractivity contribution in [1.29, 1.82) is 0 Å². The van der Waals surface area contributed by atoms with Crippen LogP contribution in [0.3, 0.4) is 0 Å². The summed E-state index contributed by atoms with van der Waals surface area (Å²) in [7, 11) is 0. The Bertz CT molecular complexity index is 403. The maximum atomic E-state index is 5.78. The summed E-state index contributed by atoms with van der Waals surface area (Å²) in [6.07, 6.45) is 1.49. The van der Waals surface area contributed by atoms with E-state index in [2.05, 4.69) is 32.2 Å². The van der Waals surface area contributed by atoms with Gasteiger partial charge in [0.15, 0.2) is 0 Å². The van der Waals surface area contributed by atoms with Gasteiger partial charge in [0.1, 0.15) is 0 Å². The average Bonchev–Trinajstić information content (AvgIpc) is 2.33. The number of hydrogen-bond acceptors (Lipinski definition) is 3. The van der Waals surface area contributed by atoms with Crippen LogP contribution in [0.15, 0.2) is 24.3 Å². The molecule has 1 saturated carbocycles. The number of nitrogens with two attached hydrogens (primary N) is 1. The molecule has 1 fully saturated rings. The van der Waals surface area contributed by atoms with Crippen molar-refractivity contribution in [2.24, 2.45) is 5.41 Å². The molecule has 3 N–H and O–H groups in total. The third kappa shape index (κ3) is 2.68. The van der Waals surface area contributed by atoms with Gasteiger partial charge < -0.3 is 15.8 Å². The molecule has 0 saturated heterocycles. The quantitative estimate of drug-likeness (QED) is 0.787. The van der Waals surface area contributed by atoms with Gasteiger partial charge >= 0.3 is 0 Å². The fourth-order valence-electron chi connectivity index (χ4n) is 2.66. The molecule has 0 aromatic heterocycles. The molecule has 2 unspecified atom stereocenters. The zero-order chi connectivity index (χ0) is 13.2. The van der Waals surface area contributed by atoms with Crippen molar-refractivity contribution in [3.63, 3.8) is 0 Å². The second-order valence-corrected chi connectivity index (χ2v) is 5.68. The molecule has 100 valence electrons. The molecule has 0 heterocycles. The average molecular weight is 248 g/mol. The molecule has 3 nitrogen and oxygen atoms in total. The van der Waals surface area contributed by atoms with Crippen LogP contribution in [0.1, 0.15) is 32.8 Å². The summed E-state index contributed by atoms with van der Waals surface area (Å²) in [6, 6.07) is 8.58. The summed E-state index contributed by atoms with van der Waals surface area (Å²) < 4.78 is 5.73. The first-order chi connectivity index (χ1) is 8.54. The number of rotatable bonds is 5. The van der Waals surface area contributed by atoms with Gasteiger partial charge in [-0.3, -0.25) is 0 Å². The van der Waals surface area contributed by atoms with Crippen molar-refractivity contribution >= 4 is 5.69 Å². The van der Waals surface area contributed by atoms with E-state index in [1.54, 1.807) is 0 Å². The molecular formula is C15H24N2O. The Hall–Kier alpha value is -1.06. The summed E-state index contributed by atoms with van der Waals surface area (Å²) in [5, 5.41) is 3.61. The van der Waals surface area contributed by atoms with Gasteiger partial charge in [-0.25, -0.2) is 0 Å². The van der Waals surface area contributed by atoms with Gasteiger partial charge in [0, 0.05) is 30.3 Å². The van der Waals surface area contributed by atoms with Crippen LogP contribution in [0.4, 0.5) is 5.69 Å². The van der Waals surface area contributed by atoms with Gasteiger partial charge in [-0.2, -0.15) is 0 Å². The third-order valence-electron chi connectivity index (χ3n) is 4.05. The summed E-state index contributed by atoms with van der Waals surface area (Å²) in [5.41, 5.74) is 8.07. The fourth-order valence-corrected chi connectivity index (χ4v) is 2.66. The molecule has 2 rings (SSSR count). The van der Waals surface area contributed by atoms with E-state index in [9.17, 15) is 0 Å². The minimum atomic E-state index is 0.219. The van der Waals surface area contributed by atoms with Gasteiger partial charge in [-0.15, -0.1) is 0 Å². The van der Waals surface area contributed by atoms with Crippen LogP contribution in [-0.2, 0) is 11.3 Å². The minimum absolute atomic E-state index is 0.219. The van der Waals surface area contributed by atoms with Crippen LogP contribution >= 0.6 is 0 Å². The van der Waals surface area contributed by atoms with Crippen molar-refractivity contribution in [2.75, 3.05) is 12.3 Å². The molecule has 2 atom stereocenters. The Kier molecular flexibility index (Phi) is 3.93. The summed E-state index contributed by atoms with van der Waals surface area (Å²) >= 11 is 0. The minimum Gasteiger partial charge on any atom is -0.399 e. The highest BCUT2D eigenvalue weighted by molar-refractivity contribution is 5.40. The lowest BCUT2D eigenvalue weighted by molar-refractivity contribution is -0.114. The fraction of sp³-hybridized carbons (Fsp3) is 0.600. The zero-order valence-electron chi connectivity index (χ0n) is 11.6. The SMILES string of the molecule is CCOC1CC(NCc2cccc(N)c2)C1(C)C. The first-order valence-corrected chi connectivity index (χ1v) is 6.73. The van der Waals surface area contributed by atoms with Crippen LogP contribution in [0.25, 0.3) is 0 Å². The molecule has 0 aliphatic heterocycles. The molecule has 0 amide bonds. The first-order valence-electron chi connectivity index (χ1n) is 6.73. The second-order valence-electron chi connectivity index (χ2n) is 5.68. The molecule has 18 heavy (non-hydrogen) atoms. The summed E-state index contributed by atoms with van der Waals surface area (Å²) in [4.78, 5) is 0. The second kappa shape index (κ2) is 5.29. The zero-order valence-corrected chi connectivity index (χ0v) is 11.6. The van der Waals surface area contributed by atoms with E-state index in [1.165, 1.54) is 5.56 Å². The smallest absolute Gasteiger partial charge is 0.0655 e. The molecule has 3 heteroatoms. The summed E-state index contributed by atoms with van der Waals surface area (Å²) in [5.74, 6) is 0. The Morgan fingerprint density at radius 1 is 1.44 bits per heavy atom. The van der Waals surface area contributed by atoms with E-state index < -0.39 is 0 Å². The van der Waals surface area contributed by atoms with Crippen LogP contribution in [-0.4, -0.2) is 18.8 Å². The topological polar surface area (TPSA) is 47.3 Å². The lowest BCUT2D eigenvalue weighted by atomic mass is 9.64. The van der Waals surface area contributed by atoms with E-state index in [0.29, 0.717) is 12.1 Å². The molecule has 1 aliphatic rings. The van der Waals surface area contributed by atoms with Crippen LogP contribution in [0.2, 0.25) is 0 Å². The van der Waals surface area contributed by atoms with Crippen molar-refractivity contribution in [3.05, 3.63) is 29.8 Å².